The molecule has 0 unspecified atom stereocenters. The number of hydrazine groups is 1. The summed E-state index contributed by atoms with van der Waals surface area (Å²) in [5, 5.41) is 6.10. The molecule has 0 aromatic carbocycles. The van der Waals surface area contributed by atoms with Gasteiger partial charge in [0.05, 0.1) is 6.54 Å². The van der Waals surface area contributed by atoms with Crippen LogP contribution in [0.4, 0.5) is 0 Å². The summed E-state index contributed by atoms with van der Waals surface area (Å²) >= 11 is 1.61. The van der Waals surface area contributed by atoms with Gasteiger partial charge in [-0.3, -0.25) is 5.43 Å². The number of nitrogens with zero attached hydrogens (tertiary/aromatic N) is 2. The molecule has 6 heteroatoms. The second-order valence-corrected chi connectivity index (χ2v) is 4.43. The van der Waals surface area contributed by atoms with Crippen LogP contribution in [0.25, 0.3) is 0 Å². The molecule has 0 bridgehead atoms. The van der Waals surface area contributed by atoms with Crippen LogP contribution in [-0.2, 0) is 6.54 Å². The van der Waals surface area contributed by atoms with E-state index in [1.807, 2.05) is 26.2 Å². The largest absolute Gasteiger partial charge is 0.353 e. The van der Waals surface area contributed by atoms with Gasteiger partial charge in [-0.1, -0.05) is 0 Å². The van der Waals surface area contributed by atoms with E-state index < -0.39 is 0 Å². The maximum atomic E-state index is 5.33. The molecule has 0 amide bonds. The maximum Gasteiger partial charge on any atom is 0.206 e. The highest BCUT2D eigenvalue weighted by molar-refractivity contribution is 7.09. The van der Waals surface area contributed by atoms with Crippen LogP contribution in [0.5, 0.6) is 0 Å². The summed E-state index contributed by atoms with van der Waals surface area (Å²) in [6, 6.07) is 0.304. The third kappa shape index (κ3) is 4.26. The standard InChI is InChI=1S/C9H17N5S/c1-6(2)12-9(14-10)11-4-8-13-7(3)5-15-8/h5-6H,4,10H2,1-3H3,(H2,11,12,14). The number of aliphatic imine (C=N–C) groups is 1. The van der Waals surface area contributed by atoms with Crippen LogP contribution in [0.2, 0.25) is 0 Å². The Morgan fingerprint density at radius 2 is 2.40 bits per heavy atom. The zero-order valence-electron chi connectivity index (χ0n) is 9.24. The third-order valence-corrected chi connectivity index (χ3v) is 2.55. The topological polar surface area (TPSA) is 75.3 Å². The summed E-state index contributed by atoms with van der Waals surface area (Å²) in [5.41, 5.74) is 3.56. The van der Waals surface area contributed by atoms with Crippen molar-refractivity contribution in [1.29, 1.82) is 0 Å². The molecular weight excluding hydrogens is 210 g/mol. The first-order chi connectivity index (χ1) is 7.11. The summed E-state index contributed by atoms with van der Waals surface area (Å²) < 4.78 is 0. The second-order valence-electron chi connectivity index (χ2n) is 3.49. The SMILES string of the molecule is Cc1csc(CN=C(NN)NC(C)C)n1. The number of rotatable bonds is 3. The molecule has 0 aliphatic carbocycles. The molecule has 1 rings (SSSR count). The van der Waals surface area contributed by atoms with Crippen LogP contribution in [0, 0.1) is 6.92 Å². The van der Waals surface area contributed by atoms with Crippen molar-refractivity contribution in [2.24, 2.45) is 10.8 Å². The summed E-state index contributed by atoms with van der Waals surface area (Å²) in [5.74, 6) is 5.93. The zero-order valence-corrected chi connectivity index (χ0v) is 10.1. The lowest BCUT2D eigenvalue weighted by molar-refractivity contribution is 0.702. The Kier molecular flexibility index (Phi) is 4.51. The lowest BCUT2D eigenvalue weighted by Gasteiger charge is -2.11. The van der Waals surface area contributed by atoms with Gasteiger partial charge in [0.15, 0.2) is 0 Å². The van der Waals surface area contributed by atoms with Crippen molar-refractivity contribution >= 4 is 17.3 Å². The number of aromatic nitrogens is 1. The Morgan fingerprint density at radius 3 is 2.87 bits per heavy atom. The molecule has 0 atom stereocenters. The van der Waals surface area contributed by atoms with E-state index in [0.717, 1.165) is 10.7 Å². The van der Waals surface area contributed by atoms with Gasteiger partial charge in [-0.25, -0.2) is 15.8 Å². The van der Waals surface area contributed by atoms with Gasteiger partial charge in [0.1, 0.15) is 5.01 Å². The minimum Gasteiger partial charge on any atom is -0.353 e. The highest BCUT2D eigenvalue weighted by Gasteiger charge is 2.00. The van der Waals surface area contributed by atoms with Crippen molar-refractivity contribution in [1.82, 2.24) is 15.7 Å². The predicted molar refractivity (Wildman–Crippen MR) is 63.6 cm³/mol. The third-order valence-electron chi connectivity index (χ3n) is 1.60. The number of guanidine groups is 1. The van der Waals surface area contributed by atoms with Crippen LogP contribution >= 0.6 is 11.3 Å². The fraction of sp³-hybridized carbons (Fsp3) is 0.556. The number of hydrogen-bond donors (Lipinski definition) is 3. The molecule has 1 aromatic rings. The second kappa shape index (κ2) is 5.67. The fourth-order valence-corrected chi connectivity index (χ4v) is 1.72. The number of nitrogens with one attached hydrogen (secondary N) is 2. The lowest BCUT2D eigenvalue weighted by Crippen LogP contribution is -2.44. The molecule has 1 aromatic heterocycles. The van der Waals surface area contributed by atoms with E-state index in [4.69, 9.17) is 5.84 Å². The van der Waals surface area contributed by atoms with Gasteiger partial charge in [0.2, 0.25) is 5.96 Å². The smallest absolute Gasteiger partial charge is 0.206 e. The van der Waals surface area contributed by atoms with Crippen LogP contribution in [0.15, 0.2) is 10.4 Å². The van der Waals surface area contributed by atoms with Crippen LogP contribution in [-0.4, -0.2) is 17.0 Å². The Bertz CT molecular complexity index is 331. The van der Waals surface area contributed by atoms with Crippen LogP contribution in [0.1, 0.15) is 24.5 Å². The molecule has 84 valence electrons. The summed E-state index contributed by atoms with van der Waals surface area (Å²) in [4.78, 5) is 8.59. The van der Waals surface area contributed by atoms with Crippen LogP contribution < -0.4 is 16.6 Å². The Labute approximate surface area is 93.8 Å². The molecule has 0 aliphatic rings. The summed E-state index contributed by atoms with van der Waals surface area (Å²) in [7, 11) is 0. The predicted octanol–water partition coefficient (Wildman–Crippen LogP) is 0.769. The van der Waals surface area contributed by atoms with E-state index in [9.17, 15) is 0 Å². The molecule has 5 nitrogen and oxygen atoms in total. The van der Waals surface area contributed by atoms with E-state index >= 15 is 0 Å². The molecule has 0 aliphatic heterocycles. The van der Waals surface area contributed by atoms with Crippen molar-refractivity contribution in [2.45, 2.75) is 33.4 Å². The molecule has 0 fully saturated rings. The zero-order chi connectivity index (χ0) is 11.3. The molecule has 0 spiro atoms. The number of hydrogen-bond acceptors (Lipinski definition) is 4. The first-order valence-electron chi connectivity index (χ1n) is 4.80. The van der Waals surface area contributed by atoms with E-state index in [2.05, 4.69) is 20.7 Å². The highest BCUT2D eigenvalue weighted by atomic mass is 32.1. The van der Waals surface area contributed by atoms with E-state index in [-0.39, 0.29) is 0 Å². The lowest BCUT2D eigenvalue weighted by atomic mass is 10.4. The monoisotopic (exact) mass is 227 g/mol. The van der Waals surface area contributed by atoms with Gasteiger partial charge in [0, 0.05) is 17.1 Å². The van der Waals surface area contributed by atoms with Crippen molar-refractivity contribution in [3.05, 3.63) is 16.1 Å². The minimum atomic E-state index is 0.304. The van der Waals surface area contributed by atoms with Gasteiger partial charge >= 0.3 is 0 Å². The van der Waals surface area contributed by atoms with E-state index in [1.165, 1.54) is 0 Å². The maximum absolute atomic E-state index is 5.33. The molecule has 0 radical (unpaired) electrons. The number of thiazole rings is 1. The Morgan fingerprint density at radius 1 is 1.67 bits per heavy atom. The molecule has 0 saturated heterocycles. The molecule has 1 heterocycles. The van der Waals surface area contributed by atoms with Gasteiger partial charge in [-0.05, 0) is 20.8 Å². The van der Waals surface area contributed by atoms with E-state index in [0.29, 0.717) is 18.5 Å². The Hall–Kier alpha value is -1.14. The molecule has 4 N–H and O–H groups in total. The average molecular weight is 227 g/mol. The number of aryl methyl sites for hydroxylation is 1. The molecular formula is C9H17N5S. The summed E-state index contributed by atoms with van der Waals surface area (Å²) in [6.07, 6.45) is 0. The quantitative estimate of drug-likeness (QED) is 0.308. The van der Waals surface area contributed by atoms with Crippen molar-refractivity contribution in [3.8, 4) is 0 Å². The Balaban J connectivity index is 2.54. The van der Waals surface area contributed by atoms with Crippen LogP contribution in [0.3, 0.4) is 0 Å². The highest BCUT2D eigenvalue weighted by Crippen LogP contribution is 2.09. The van der Waals surface area contributed by atoms with Gasteiger partial charge < -0.3 is 5.32 Å². The first-order valence-corrected chi connectivity index (χ1v) is 5.68. The van der Waals surface area contributed by atoms with Gasteiger partial charge in [-0.15, -0.1) is 11.3 Å². The fourth-order valence-electron chi connectivity index (χ4n) is 1.03. The van der Waals surface area contributed by atoms with Crippen molar-refractivity contribution in [2.75, 3.05) is 0 Å². The van der Waals surface area contributed by atoms with Crippen molar-refractivity contribution in [3.63, 3.8) is 0 Å². The van der Waals surface area contributed by atoms with Gasteiger partial charge in [-0.2, -0.15) is 0 Å². The normalized spacial score (nSPS) is 11.9. The van der Waals surface area contributed by atoms with E-state index in [1.54, 1.807) is 11.3 Å². The molecule has 15 heavy (non-hydrogen) atoms. The minimum absolute atomic E-state index is 0.304. The average Bonchev–Trinajstić information content (AvgIpc) is 2.58. The van der Waals surface area contributed by atoms with Crippen molar-refractivity contribution < 1.29 is 0 Å². The summed E-state index contributed by atoms with van der Waals surface area (Å²) in [6.45, 7) is 6.58. The molecule has 0 saturated carbocycles. The number of nitrogens with two attached hydrogens (primary N) is 1. The van der Waals surface area contributed by atoms with Gasteiger partial charge in [0.25, 0.3) is 0 Å². The first kappa shape index (κ1) is 11.9.